The fourth-order valence-electron chi connectivity index (χ4n) is 1.12. The molecule has 0 saturated heterocycles. The van der Waals surface area contributed by atoms with Gasteiger partial charge < -0.3 is 20.1 Å². The van der Waals surface area contributed by atoms with E-state index in [2.05, 4.69) is 0 Å². The number of aliphatic hydroxyl groups is 3. The molecule has 14 heavy (non-hydrogen) atoms. The maximum atomic E-state index is 9.50. The Morgan fingerprint density at radius 1 is 1.21 bits per heavy atom. The van der Waals surface area contributed by atoms with Crippen molar-refractivity contribution >= 4 is 0 Å². The second kappa shape index (κ2) is 4.95. The molecule has 0 bridgehead atoms. The maximum Gasteiger partial charge on any atom is 0.118 e. The summed E-state index contributed by atoms with van der Waals surface area (Å²) < 4.78 is 4.94. The van der Waals surface area contributed by atoms with Crippen LogP contribution in [0.3, 0.4) is 0 Å². The van der Waals surface area contributed by atoms with Crippen LogP contribution in [0.15, 0.2) is 24.3 Å². The summed E-state index contributed by atoms with van der Waals surface area (Å²) in [6, 6.07) is 6.65. The fourth-order valence-corrected chi connectivity index (χ4v) is 1.12. The highest BCUT2D eigenvalue weighted by Gasteiger charge is 2.16. The molecule has 0 amide bonds. The van der Waals surface area contributed by atoms with E-state index in [-0.39, 0.29) is 0 Å². The van der Waals surface area contributed by atoms with Crippen molar-refractivity contribution < 1.29 is 20.1 Å². The zero-order chi connectivity index (χ0) is 10.6. The van der Waals surface area contributed by atoms with Crippen LogP contribution in [0.25, 0.3) is 0 Å². The summed E-state index contributed by atoms with van der Waals surface area (Å²) in [5.41, 5.74) is 0.548. The first kappa shape index (κ1) is 11.0. The summed E-state index contributed by atoms with van der Waals surface area (Å²) in [4.78, 5) is 0. The fraction of sp³-hybridized carbons (Fsp3) is 0.400. The minimum atomic E-state index is -1.15. The Hall–Kier alpha value is -1.10. The monoisotopic (exact) mass is 198 g/mol. The number of methoxy groups -OCH3 is 1. The lowest BCUT2D eigenvalue weighted by molar-refractivity contribution is -0.0152. The predicted octanol–water partition coefficient (Wildman–Crippen LogP) is 0.0818. The summed E-state index contributed by atoms with van der Waals surface area (Å²) in [6.45, 7) is -0.465. The molecular weight excluding hydrogens is 184 g/mol. The molecule has 0 aliphatic rings. The van der Waals surface area contributed by atoms with Crippen LogP contribution in [0.5, 0.6) is 5.75 Å². The summed E-state index contributed by atoms with van der Waals surface area (Å²) >= 11 is 0. The molecule has 78 valence electrons. The quantitative estimate of drug-likeness (QED) is 0.641. The van der Waals surface area contributed by atoms with Crippen LogP contribution in [0.4, 0.5) is 0 Å². The number of rotatable bonds is 4. The van der Waals surface area contributed by atoms with E-state index < -0.39 is 18.8 Å². The van der Waals surface area contributed by atoms with Gasteiger partial charge in [-0.1, -0.05) is 12.1 Å². The number of ether oxygens (including phenoxy) is 1. The first-order chi connectivity index (χ1) is 6.69. The van der Waals surface area contributed by atoms with E-state index in [0.717, 1.165) is 0 Å². The van der Waals surface area contributed by atoms with Gasteiger partial charge in [-0.2, -0.15) is 0 Å². The van der Waals surface area contributed by atoms with Gasteiger partial charge in [-0.25, -0.2) is 0 Å². The van der Waals surface area contributed by atoms with Gasteiger partial charge in [-0.15, -0.1) is 0 Å². The summed E-state index contributed by atoms with van der Waals surface area (Å²) in [5, 5.41) is 27.3. The number of benzene rings is 1. The van der Waals surface area contributed by atoms with Gasteiger partial charge in [0.2, 0.25) is 0 Å². The lowest BCUT2D eigenvalue weighted by atomic mass is 10.1. The van der Waals surface area contributed by atoms with Crippen molar-refractivity contribution in [2.45, 2.75) is 12.2 Å². The van der Waals surface area contributed by atoms with E-state index in [1.54, 1.807) is 31.4 Å². The van der Waals surface area contributed by atoms with Gasteiger partial charge in [0.15, 0.2) is 0 Å². The molecule has 0 saturated carbocycles. The Balaban J connectivity index is 2.75. The van der Waals surface area contributed by atoms with Crippen LogP contribution in [0, 0.1) is 0 Å². The largest absolute Gasteiger partial charge is 0.497 e. The van der Waals surface area contributed by atoms with Crippen LogP contribution in [0.2, 0.25) is 0 Å². The molecule has 2 atom stereocenters. The van der Waals surface area contributed by atoms with Gasteiger partial charge >= 0.3 is 0 Å². The molecule has 4 nitrogen and oxygen atoms in total. The molecule has 1 aromatic carbocycles. The first-order valence-corrected chi connectivity index (χ1v) is 4.30. The van der Waals surface area contributed by atoms with Crippen LogP contribution >= 0.6 is 0 Å². The molecule has 1 unspecified atom stereocenters. The zero-order valence-corrected chi connectivity index (χ0v) is 7.92. The molecule has 3 N–H and O–H groups in total. The Bertz CT molecular complexity index is 270. The van der Waals surface area contributed by atoms with Crippen molar-refractivity contribution in [3.8, 4) is 5.75 Å². The lowest BCUT2D eigenvalue weighted by Gasteiger charge is -2.15. The van der Waals surface area contributed by atoms with Gasteiger partial charge in [-0.05, 0) is 17.7 Å². The molecule has 4 heteroatoms. The van der Waals surface area contributed by atoms with E-state index in [1.807, 2.05) is 0 Å². The Kier molecular flexibility index (Phi) is 3.88. The Labute approximate surface area is 82.4 Å². The van der Waals surface area contributed by atoms with Crippen LogP contribution in [0.1, 0.15) is 11.7 Å². The molecule has 1 rings (SSSR count). The van der Waals surface area contributed by atoms with Gasteiger partial charge in [-0.3, -0.25) is 0 Å². The highest BCUT2D eigenvalue weighted by Crippen LogP contribution is 2.19. The van der Waals surface area contributed by atoms with E-state index in [9.17, 15) is 10.2 Å². The van der Waals surface area contributed by atoms with Crippen molar-refractivity contribution in [3.05, 3.63) is 29.8 Å². The summed E-state index contributed by atoms with van der Waals surface area (Å²) in [7, 11) is 1.55. The summed E-state index contributed by atoms with van der Waals surface area (Å²) in [5.74, 6) is 0.680. The van der Waals surface area contributed by atoms with E-state index in [0.29, 0.717) is 11.3 Å². The molecule has 0 heterocycles. The molecule has 0 radical (unpaired) electrons. The second-order valence-electron chi connectivity index (χ2n) is 2.97. The zero-order valence-electron chi connectivity index (χ0n) is 7.92. The lowest BCUT2D eigenvalue weighted by Crippen LogP contribution is -2.21. The van der Waals surface area contributed by atoms with Crippen molar-refractivity contribution in [1.29, 1.82) is 0 Å². The van der Waals surface area contributed by atoms with Gasteiger partial charge in [0, 0.05) is 0 Å². The normalized spacial score (nSPS) is 14.9. The summed E-state index contributed by atoms with van der Waals surface area (Å²) in [6.07, 6.45) is -2.21. The molecule has 1 aromatic rings. The highest BCUT2D eigenvalue weighted by molar-refractivity contribution is 5.28. The van der Waals surface area contributed by atoms with Crippen LogP contribution in [-0.4, -0.2) is 35.1 Å². The predicted molar refractivity (Wildman–Crippen MR) is 51.0 cm³/mol. The average molecular weight is 198 g/mol. The molecule has 0 aliphatic carbocycles. The van der Waals surface area contributed by atoms with Gasteiger partial charge in [0.25, 0.3) is 0 Å². The van der Waals surface area contributed by atoms with E-state index >= 15 is 0 Å². The van der Waals surface area contributed by atoms with Crippen LogP contribution < -0.4 is 4.74 Å². The number of aliphatic hydroxyl groups excluding tert-OH is 3. The highest BCUT2D eigenvalue weighted by atomic mass is 16.5. The molecule has 0 fully saturated rings. The van der Waals surface area contributed by atoms with Crippen LogP contribution in [-0.2, 0) is 0 Å². The smallest absolute Gasteiger partial charge is 0.118 e. The van der Waals surface area contributed by atoms with E-state index in [4.69, 9.17) is 9.84 Å². The minimum absolute atomic E-state index is 0.465. The Morgan fingerprint density at radius 3 is 2.21 bits per heavy atom. The van der Waals surface area contributed by atoms with E-state index in [1.165, 1.54) is 0 Å². The molecule has 0 aliphatic heterocycles. The first-order valence-electron chi connectivity index (χ1n) is 4.30. The van der Waals surface area contributed by atoms with Crippen molar-refractivity contribution in [3.63, 3.8) is 0 Å². The standard InChI is InChI=1S/C10H14O4/c1-14-8-4-2-7(3-5-8)10(13)9(12)6-11/h2-5,9-13H,6H2,1H3/t9?,10-/m1/s1. The molecular formula is C10H14O4. The third-order valence-corrected chi connectivity index (χ3v) is 2.01. The molecule has 0 aromatic heterocycles. The van der Waals surface area contributed by atoms with Gasteiger partial charge in [0.1, 0.15) is 18.0 Å². The SMILES string of the molecule is COc1ccc([C@@H](O)C(O)CO)cc1. The second-order valence-corrected chi connectivity index (χ2v) is 2.97. The third kappa shape index (κ3) is 2.45. The van der Waals surface area contributed by atoms with Crippen molar-refractivity contribution in [2.24, 2.45) is 0 Å². The Morgan fingerprint density at radius 2 is 1.79 bits per heavy atom. The number of hydrogen-bond acceptors (Lipinski definition) is 4. The van der Waals surface area contributed by atoms with Crippen molar-refractivity contribution in [2.75, 3.05) is 13.7 Å². The maximum absolute atomic E-state index is 9.50. The number of hydrogen-bond donors (Lipinski definition) is 3. The van der Waals surface area contributed by atoms with Gasteiger partial charge in [0.05, 0.1) is 13.7 Å². The van der Waals surface area contributed by atoms with Crippen molar-refractivity contribution in [1.82, 2.24) is 0 Å². The topological polar surface area (TPSA) is 69.9 Å². The average Bonchev–Trinajstić information content (AvgIpc) is 2.27. The minimum Gasteiger partial charge on any atom is -0.497 e. The third-order valence-electron chi connectivity index (χ3n) is 2.01. The molecule has 0 spiro atoms.